The van der Waals surface area contributed by atoms with Crippen LogP contribution in [0.4, 0.5) is 21.5 Å². The van der Waals surface area contributed by atoms with Crippen LogP contribution >= 0.6 is 11.6 Å². The van der Waals surface area contributed by atoms with Crippen molar-refractivity contribution in [3.05, 3.63) is 77.3 Å². The molecule has 132 valence electrons. The van der Waals surface area contributed by atoms with Crippen molar-refractivity contribution in [1.82, 2.24) is 4.98 Å². The van der Waals surface area contributed by atoms with Crippen molar-refractivity contribution in [3.8, 4) is 5.75 Å². The van der Waals surface area contributed by atoms with Crippen LogP contribution in [0.15, 0.2) is 60.8 Å². The van der Waals surface area contributed by atoms with Gasteiger partial charge in [-0.05, 0) is 42.5 Å². The third-order valence-electron chi connectivity index (χ3n) is 3.56. The number of methoxy groups -OCH3 is 1. The quantitative estimate of drug-likeness (QED) is 0.671. The van der Waals surface area contributed by atoms with E-state index in [9.17, 15) is 9.18 Å². The molecule has 26 heavy (non-hydrogen) atoms. The highest BCUT2D eigenvalue weighted by Gasteiger charge is 2.12. The van der Waals surface area contributed by atoms with Crippen molar-refractivity contribution in [1.29, 1.82) is 0 Å². The Morgan fingerprint density at radius 2 is 1.92 bits per heavy atom. The summed E-state index contributed by atoms with van der Waals surface area (Å²) >= 11 is 5.95. The molecule has 0 saturated carbocycles. The van der Waals surface area contributed by atoms with Gasteiger partial charge in [0.1, 0.15) is 17.3 Å². The van der Waals surface area contributed by atoms with Gasteiger partial charge in [-0.15, -0.1) is 0 Å². The summed E-state index contributed by atoms with van der Waals surface area (Å²) in [6, 6.07) is 14.4. The molecule has 0 spiro atoms. The summed E-state index contributed by atoms with van der Waals surface area (Å²) in [5.41, 5.74) is 1.54. The molecule has 0 aliphatic heterocycles. The zero-order chi connectivity index (χ0) is 18.5. The third-order valence-corrected chi connectivity index (χ3v) is 3.79. The van der Waals surface area contributed by atoms with Crippen LogP contribution in [-0.2, 0) is 0 Å². The topological polar surface area (TPSA) is 63.2 Å². The van der Waals surface area contributed by atoms with Crippen LogP contribution in [0.3, 0.4) is 0 Å². The first-order chi connectivity index (χ1) is 12.6. The molecule has 1 heterocycles. The van der Waals surface area contributed by atoms with E-state index in [1.54, 1.807) is 42.5 Å². The van der Waals surface area contributed by atoms with E-state index in [-0.39, 0.29) is 11.5 Å². The van der Waals surface area contributed by atoms with E-state index in [0.29, 0.717) is 27.8 Å². The number of rotatable bonds is 5. The standard InChI is InChI=1S/C19H15ClFN3O2/c1-26-18-9-6-12(20)10-17(18)24-19(25)16-8-7-13(11-22-16)23-15-5-3-2-4-14(15)21/h2-11,23H,1H3,(H,24,25). The Morgan fingerprint density at radius 1 is 1.12 bits per heavy atom. The van der Waals surface area contributed by atoms with E-state index in [0.717, 1.165) is 0 Å². The molecule has 3 rings (SSSR count). The van der Waals surface area contributed by atoms with Crippen LogP contribution in [-0.4, -0.2) is 18.0 Å². The summed E-state index contributed by atoms with van der Waals surface area (Å²) in [4.78, 5) is 16.5. The number of nitrogens with one attached hydrogen (secondary N) is 2. The SMILES string of the molecule is COc1ccc(Cl)cc1NC(=O)c1ccc(Nc2ccccc2F)cn1. The smallest absolute Gasteiger partial charge is 0.274 e. The monoisotopic (exact) mass is 371 g/mol. The van der Waals surface area contributed by atoms with E-state index in [2.05, 4.69) is 15.6 Å². The Morgan fingerprint density at radius 3 is 2.62 bits per heavy atom. The van der Waals surface area contributed by atoms with Crippen molar-refractivity contribution >= 4 is 34.6 Å². The Balaban J connectivity index is 1.73. The summed E-state index contributed by atoms with van der Waals surface area (Å²) < 4.78 is 18.9. The highest BCUT2D eigenvalue weighted by Crippen LogP contribution is 2.28. The fraction of sp³-hybridized carbons (Fsp3) is 0.0526. The second kappa shape index (κ2) is 7.84. The van der Waals surface area contributed by atoms with Crippen LogP contribution in [0.2, 0.25) is 5.02 Å². The number of nitrogens with zero attached hydrogens (tertiary/aromatic N) is 1. The predicted molar refractivity (Wildman–Crippen MR) is 99.9 cm³/mol. The van der Waals surface area contributed by atoms with Crippen LogP contribution in [0.25, 0.3) is 0 Å². The lowest BCUT2D eigenvalue weighted by molar-refractivity contribution is 0.102. The predicted octanol–water partition coefficient (Wildman–Crippen LogP) is 4.88. The number of pyridine rings is 1. The maximum absolute atomic E-state index is 13.7. The largest absolute Gasteiger partial charge is 0.495 e. The number of amides is 1. The van der Waals surface area contributed by atoms with E-state index >= 15 is 0 Å². The minimum atomic E-state index is -0.414. The van der Waals surface area contributed by atoms with Gasteiger partial charge in [0.25, 0.3) is 5.91 Å². The number of ether oxygens (including phenoxy) is 1. The van der Waals surface area contributed by atoms with Gasteiger partial charge in [0.05, 0.1) is 30.4 Å². The fourth-order valence-corrected chi connectivity index (χ4v) is 2.46. The minimum absolute atomic E-state index is 0.200. The lowest BCUT2D eigenvalue weighted by atomic mass is 10.2. The molecule has 0 bridgehead atoms. The number of carbonyl (C=O) groups excluding carboxylic acids is 1. The summed E-state index contributed by atoms with van der Waals surface area (Å²) in [5, 5.41) is 6.08. The van der Waals surface area contributed by atoms with Crippen LogP contribution in [0, 0.1) is 5.82 Å². The molecular formula is C19H15ClFN3O2. The maximum Gasteiger partial charge on any atom is 0.274 e. The third kappa shape index (κ3) is 4.10. The average molecular weight is 372 g/mol. The Kier molecular flexibility index (Phi) is 5.34. The molecule has 2 N–H and O–H groups in total. The van der Waals surface area contributed by atoms with E-state index in [1.807, 2.05) is 0 Å². The van der Waals surface area contributed by atoms with Gasteiger partial charge in [-0.1, -0.05) is 23.7 Å². The van der Waals surface area contributed by atoms with Crippen LogP contribution in [0.1, 0.15) is 10.5 Å². The van der Waals surface area contributed by atoms with Gasteiger partial charge in [-0.25, -0.2) is 9.37 Å². The second-order valence-electron chi connectivity index (χ2n) is 5.34. The number of para-hydroxylation sites is 1. The van der Waals surface area contributed by atoms with Crippen LogP contribution in [0.5, 0.6) is 5.75 Å². The molecule has 5 nitrogen and oxygen atoms in total. The first-order valence-corrected chi connectivity index (χ1v) is 8.07. The average Bonchev–Trinajstić information content (AvgIpc) is 2.64. The van der Waals surface area contributed by atoms with Crippen molar-refractivity contribution in [2.45, 2.75) is 0 Å². The number of benzene rings is 2. The lowest BCUT2D eigenvalue weighted by Gasteiger charge is -2.11. The Labute approximate surface area is 154 Å². The molecule has 0 aliphatic rings. The van der Waals surface area contributed by atoms with Gasteiger partial charge in [0.15, 0.2) is 0 Å². The van der Waals surface area contributed by atoms with Gasteiger partial charge >= 0.3 is 0 Å². The van der Waals surface area contributed by atoms with Gasteiger partial charge < -0.3 is 15.4 Å². The first kappa shape index (κ1) is 17.7. The molecule has 7 heteroatoms. The van der Waals surface area contributed by atoms with E-state index < -0.39 is 5.91 Å². The minimum Gasteiger partial charge on any atom is -0.495 e. The lowest BCUT2D eigenvalue weighted by Crippen LogP contribution is -2.14. The number of anilines is 3. The van der Waals surface area contributed by atoms with Crippen LogP contribution < -0.4 is 15.4 Å². The van der Waals surface area contributed by atoms with Crippen molar-refractivity contribution in [2.24, 2.45) is 0 Å². The molecule has 0 radical (unpaired) electrons. The number of carbonyl (C=O) groups is 1. The molecule has 0 unspecified atom stereocenters. The van der Waals surface area contributed by atoms with Gasteiger partial charge in [-0.3, -0.25) is 4.79 Å². The molecule has 0 fully saturated rings. The van der Waals surface area contributed by atoms with Gasteiger partial charge in [0.2, 0.25) is 0 Å². The summed E-state index contributed by atoms with van der Waals surface area (Å²) in [6.07, 6.45) is 1.45. The number of aromatic nitrogens is 1. The van der Waals surface area contributed by atoms with Gasteiger partial charge in [0, 0.05) is 5.02 Å². The van der Waals surface area contributed by atoms with E-state index in [1.165, 1.54) is 25.4 Å². The molecule has 0 atom stereocenters. The molecule has 3 aromatic rings. The number of halogens is 2. The molecule has 2 aromatic carbocycles. The van der Waals surface area contributed by atoms with E-state index in [4.69, 9.17) is 16.3 Å². The Bertz CT molecular complexity index is 932. The molecule has 0 saturated heterocycles. The van der Waals surface area contributed by atoms with Crippen molar-refractivity contribution in [3.63, 3.8) is 0 Å². The van der Waals surface area contributed by atoms with Crippen molar-refractivity contribution < 1.29 is 13.9 Å². The van der Waals surface area contributed by atoms with Gasteiger partial charge in [-0.2, -0.15) is 0 Å². The second-order valence-corrected chi connectivity index (χ2v) is 5.77. The maximum atomic E-state index is 13.7. The summed E-state index contributed by atoms with van der Waals surface area (Å²) in [7, 11) is 1.50. The normalized spacial score (nSPS) is 10.3. The highest BCUT2D eigenvalue weighted by atomic mass is 35.5. The molecular weight excluding hydrogens is 357 g/mol. The number of hydrogen-bond donors (Lipinski definition) is 2. The first-order valence-electron chi connectivity index (χ1n) is 7.69. The molecule has 0 aliphatic carbocycles. The molecule has 1 aromatic heterocycles. The Hall–Kier alpha value is -3.12. The van der Waals surface area contributed by atoms with Crippen molar-refractivity contribution in [2.75, 3.05) is 17.7 Å². The number of hydrogen-bond acceptors (Lipinski definition) is 4. The highest BCUT2D eigenvalue weighted by molar-refractivity contribution is 6.31. The fourth-order valence-electron chi connectivity index (χ4n) is 2.28. The summed E-state index contributed by atoms with van der Waals surface area (Å²) in [6.45, 7) is 0. The zero-order valence-electron chi connectivity index (χ0n) is 13.8. The zero-order valence-corrected chi connectivity index (χ0v) is 14.5. The molecule has 1 amide bonds. The summed E-state index contributed by atoms with van der Waals surface area (Å²) in [5.74, 6) is -0.300.